The molecule has 2 aliphatic heterocycles. The summed E-state index contributed by atoms with van der Waals surface area (Å²) in [4.78, 5) is 28.6. The molecule has 0 atom stereocenters. The zero-order valence-electron chi connectivity index (χ0n) is 15.2. The summed E-state index contributed by atoms with van der Waals surface area (Å²) in [6.07, 6.45) is 1.10. The molecule has 2 aliphatic rings. The fourth-order valence-electron chi connectivity index (χ4n) is 3.52. The minimum Gasteiger partial charge on any atom is -0.339 e. The number of sulfonamides is 1. The zero-order valence-corrected chi connectivity index (χ0v) is 16.8. The molecule has 0 bridgehead atoms. The van der Waals surface area contributed by atoms with E-state index in [1.807, 2.05) is 17.9 Å². The first kappa shape index (κ1) is 19.3. The van der Waals surface area contributed by atoms with E-state index >= 15 is 0 Å². The quantitative estimate of drug-likeness (QED) is 0.764. The summed E-state index contributed by atoms with van der Waals surface area (Å²) in [5, 5.41) is 0. The molecule has 0 aliphatic carbocycles. The van der Waals surface area contributed by atoms with Crippen LogP contribution in [0.4, 0.5) is 0 Å². The van der Waals surface area contributed by atoms with Crippen LogP contribution in [0.2, 0.25) is 0 Å². The molecule has 144 valence electrons. The fourth-order valence-corrected chi connectivity index (χ4v) is 6.43. The Morgan fingerprint density at radius 3 is 2.08 bits per heavy atom. The van der Waals surface area contributed by atoms with Gasteiger partial charge in [-0.2, -0.15) is 4.31 Å². The number of carbonyl (C=O) groups is 2. The minimum atomic E-state index is -3.45. The molecule has 9 heteroatoms. The molecule has 2 saturated heterocycles. The third kappa shape index (κ3) is 3.94. The molecule has 1 aromatic heterocycles. The summed E-state index contributed by atoms with van der Waals surface area (Å²) >= 11 is 1.28. The first-order valence-electron chi connectivity index (χ1n) is 8.90. The zero-order chi connectivity index (χ0) is 18.9. The number of nitrogens with zero attached hydrogens (tertiary/aromatic N) is 3. The Balaban J connectivity index is 1.55. The fraction of sp³-hybridized carbons (Fsp3) is 0.647. The molecule has 26 heavy (non-hydrogen) atoms. The molecule has 3 heterocycles. The molecule has 7 nitrogen and oxygen atoms in total. The van der Waals surface area contributed by atoms with Gasteiger partial charge in [0.25, 0.3) is 10.0 Å². The molecule has 0 saturated carbocycles. The number of thiophene rings is 1. The monoisotopic (exact) mass is 399 g/mol. The molecule has 1 aromatic rings. The van der Waals surface area contributed by atoms with Crippen LogP contribution in [-0.2, 0) is 19.6 Å². The number of hydrogen-bond donors (Lipinski definition) is 0. The van der Waals surface area contributed by atoms with E-state index in [2.05, 4.69) is 0 Å². The van der Waals surface area contributed by atoms with Gasteiger partial charge in [0.15, 0.2) is 0 Å². The first-order valence-corrected chi connectivity index (χ1v) is 11.2. The molecule has 2 fully saturated rings. The molecular weight excluding hydrogens is 374 g/mol. The van der Waals surface area contributed by atoms with Gasteiger partial charge in [0.1, 0.15) is 4.21 Å². The second-order valence-corrected chi connectivity index (χ2v) is 10.3. The Morgan fingerprint density at radius 2 is 1.58 bits per heavy atom. The van der Waals surface area contributed by atoms with Crippen molar-refractivity contribution >= 4 is 33.2 Å². The van der Waals surface area contributed by atoms with Crippen molar-refractivity contribution in [3.63, 3.8) is 0 Å². The lowest BCUT2D eigenvalue weighted by Gasteiger charge is -2.38. The summed E-state index contributed by atoms with van der Waals surface area (Å²) in [6, 6.07) is 3.47. The molecule has 0 radical (unpaired) electrons. The largest absolute Gasteiger partial charge is 0.339 e. The van der Waals surface area contributed by atoms with Crippen molar-refractivity contribution in [1.82, 2.24) is 14.1 Å². The van der Waals surface area contributed by atoms with E-state index < -0.39 is 10.0 Å². The number of carbonyl (C=O) groups excluding carboxylic acids is 2. The van der Waals surface area contributed by atoms with Gasteiger partial charge in [0.05, 0.1) is 0 Å². The van der Waals surface area contributed by atoms with Crippen LogP contribution >= 0.6 is 11.3 Å². The van der Waals surface area contributed by atoms with Crippen molar-refractivity contribution in [3.05, 3.63) is 17.0 Å². The molecule has 0 spiro atoms. The number of piperidine rings is 1. The van der Waals surface area contributed by atoms with Crippen LogP contribution in [0.25, 0.3) is 0 Å². The molecule has 3 rings (SSSR count). The van der Waals surface area contributed by atoms with Crippen molar-refractivity contribution in [1.29, 1.82) is 0 Å². The number of aryl methyl sites for hydroxylation is 1. The maximum absolute atomic E-state index is 12.7. The van der Waals surface area contributed by atoms with Gasteiger partial charge in [-0.1, -0.05) is 0 Å². The number of amides is 2. The Hall–Kier alpha value is -1.45. The lowest BCUT2D eigenvalue weighted by Crippen LogP contribution is -2.52. The van der Waals surface area contributed by atoms with Crippen LogP contribution in [-0.4, -0.2) is 73.6 Å². The van der Waals surface area contributed by atoms with Crippen molar-refractivity contribution in [3.8, 4) is 0 Å². The summed E-state index contributed by atoms with van der Waals surface area (Å²) < 4.78 is 27.2. The van der Waals surface area contributed by atoms with Crippen molar-refractivity contribution < 1.29 is 18.0 Å². The maximum Gasteiger partial charge on any atom is 0.252 e. The van der Waals surface area contributed by atoms with Gasteiger partial charge in [-0.05, 0) is 31.9 Å². The number of rotatable bonds is 3. The highest BCUT2D eigenvalue weighted by molar-refractivity contribution is 7.91. The third-order valence-corrected chi connectivity index (χ3v) is 8.52. The molecule has 2 amide bonds. The standard InChI is InChI=1S/C17H25N3O4S2/c1-13-3-4-16(25-13)26(23,24)20-7-5-15(6-8-20)17(22)19-11-9-18(10-12-19)14(2)21/h3-4,15H,5-12H2,1-2H3. The second kappa shape index (κ2) is 7.66. The lowest BCUT2D eigenvalue weighted by molar-refractivity contribution is -0.142. The minimum absolute atomic E-state index is 0.0411. The highest BCUT2D eigenvalue weighted by Gasteiger charge is 2.35. The van der Waals surface area contributed by atoms with E-state index in [1.165, 1.54) is 15.6 Å². The first-order chi connectivity index (χ1) is 12.3. The Bertz CT molecular complexity index is 774. The Morgan fingerprint density at radius 1 is 1.00 bits per heavy atom. The van der Waals surface area contributed by atoms with E-state index in [4.69, 9.17) is 0 Å². The van der Waals surface area contributed by atoms with Gasteiger partial charge in [-0.25, -0.2) is 8.42 Å². The van der Waals surface area contributed by atoms with Gasteiger partial charge in [0, 0.05) is 57.0 Å². The van der Waals surface area contributed by atoms with Crippen LogP contribution in [0.3, 0.4) is 0 Å². The average molecular weight is 400 g/mol. The SMILES string of the molecule is CC(=O)N1CCN(C(=O)C2CCN(S(=O)(=O)c3ccc(C)s3)CC2)CC1. The van der Waals surface area contributed by atoms with E-state index in [0.717, 1.165) is 4.88 Å². The third-order valence-electron chi connectivity index (χ3n) is 5.15. The van der Waals surface area contributed by atoms with Crippen molar-refractivity contribution in [2.75, 3.05) is 39.3 Å². The van der Waals surface area contributed by atoms with Gasteiger partial charge >= 0.3 is 0 Å². The Kier molecular flexibility index (Phi) is 5.69. The van der Waals surface area contributed by atoms with Gasteiger partial charge < -0.3 is 9.80 Å². The van der Waals surface area contributed by atoms with Crippen LogP contribution in [0, 0.1) is 12.8 Å². The summed E-state index contributed by atoms with van der Waals surface area (Å²) in [6.45, 7) is 6.46. The van der Waals surface area contributed by atoms with Gasteiger partial charge in [-0.15, -0.1) is 11.3 Å². The highest BCUT2D eigenvalue weighted by atomic mass is 32.2. The molecule has 0 unspecified atom stereocenters. The molecular formula is C17H25N3O4S2. The molecule has 0 N–H and O–H groups in total. The smallest absolute Gasteiger partial charge is 0.252 e. The van der Waals surface area contributed by atoms with Gasteiger partial charge in [0.2, 0.25) is 11.8 Å². The van der Waals surface area contributed by atoms with E-state index in [1.54, 1.807) is 17.9 Å². The Labute approximate surface area is 158 Å². The lowest BCUT2D eigenvalue weighted by atomic mass is 9.96. The van der Waals surface area contributed by atoms with Gasteiger partial charge in [-0.3, -0.25) is 9.59 Å². The van der Waals surface area contributed by atoms with E-state index in [-0.39, 0.29) is 17.7 Å². The van der Waals surface area contributed by atoms with Crippen molar-refractivity contribution in [2.24, 2.45) is 5.92 Å². The van der Waals surface area contributed by atoms with Crippen LogP contribution < -0.4 is 0 Å². The predicted octanol–water partition coefficient (Wildman–Crippen LogP) is 1.15. The van der Waals surface area contributed by atoms with E-state index in [9.17, 15) is 18.0 Å². The topological polar surface area (TPSA) is 78.0 Å². The summed E-state index contributed by atoms with van der Waals surface area (Å²) in [5.41, 5.74) is 0. The number of piperazine rings is 1. The summed E-state index contributed by atoms with van der Waals surface area (Å²) in [7, 11) is -3.45. The maximum atomic E-state index is 12.7. The number of hydrogen-bond acceptors (Lipinski definition) is 5. The van der Waals surface area contributed by atoms with Crippen LogP contribution in [0.5, 0.6) is 0 Å². The predicted molar refractivity (Wildman–Crippen MR) is 99.4 cm³/mol. The van der Waals surface area contributed by atoms with Crippen LogP contribution in [0.15, 0.2) is 16.3 Å². The average Bonchev–Trinajstić information content (AvgIpc) is 3.08. The highest BCUT2D eigenvalue weighted by Crippen LogP contribution is 2.29. The normalized spacial score (nSPS) is 20.4. The summed E-state index contributed by atoms with van der Waals surface area (Å²) in [5.74, 6) is 0.00652. The molecule has 0 aromatic carbocycles. The van der Waals surface area contributed by atoms with Crippen LogP contribution in [0.1, 0.15) is 24.6 Å². The van der Waals surface area contributed by atoms with E-state index in [0.29, 0.717) is 56.3 Å². The second-order valence-electron chi connectivity index (χ2n) is 6.87. The van der Waals surface area contributed by atoms with Crippen molar-refractivity contribution in [2.45, 2.75) is 30.9 Å².